The molecule has 2 fully saturated rings. The molecule has 4 heteroatoms. The molecule has 0 aromatic heterocycles. The molecule has 16 heavy (non-hydrogen) atoms. The minimum absolute atomic E-state index is 0. The summed E-state index contributed by atoms with van der Waals surface area (Å²) in [7, 11) is 0. The standard InChI is InChI=1S/C12H17NO2.Y/c1-7-11(3)5-9(14)10(15)6-12(11,4)8(2)13-7;/h5-6,9-10,13-15H,1-2H2,3-4H3;/q-2;. The van der Waals surface area contributed by atoms with Crippen LogP contribution < -0.4 is 5.32 Å². The molecule has 3 nitrogen and oxygen atoms in total. The van der Waals surface area contributed by atoms with Crippen LogP contribution in [-0.2, 0) is 32.7 Å². The normalized spacial score (nSPS) is 47.0. The topological polar surface area (TPSA) is 52.5 Å². The van der Waals surface area contributed by atoms with Gasteiger partial charge in [-0.1, -0.05) is 39.2 Å². The predicted molar refractivity (Wildman–Crippen MR) is 58.2 cm³/mol. The molecule has 1 radical (unpaired) electrons. The Bertz CT molecular complexity index is 312. The van der Waals surface area contributed by atoms with Gasteiger partial charge in [0, 0.05) is 32.7 Å². The van der Waals surface area contributed by atoms with Crippen molar-refractivity contribution in [2.75, 3.05) is 0 Å². The molecule has 1 heterocycles. The van der Waals surface area contributed by atoms with E-state index in [4.69, 9.17) is 0 Å². The second-order valence-electron chi connectivity index (χ2n) is 4.80. The number of fused-ring (bicyclic) bond motifs is 1. The van der Waals surface area contributed by atoms with Crippen LogP contribution >= 0.6 is 0 Å². The maximum atomic E-state index is 9.67. The van der Waals surface area contributed by atoms with Crippen molar-refractivity contribution in [3.8, 4) is 0 Å². The second kappa shape index (κ2) is 4.20. The van der Waals surface area contributed by atoms with E-state index in [9.17, 15) is 10.2 Å². The first-order valence-electron chi connectivity index (χ1n) is 5.05. The smallest absolute Gasteiger partial charge is 0 e. The molecule has 1 saturated carbocycles. The fourth-order valence-electron chi connectivity index (χ4n) is 2.50. The molecule has 0 aromatic carbocycles. The summed E-state index contributed by atoms with van der Waals surface area (Å²) in [5, 5.41) is 22.5. The molecule has 1 saturated heterocycles. The van der Waals surface area contributed by atoms with E-state index in [-0.39, 0.29) is 43.5 Å². The molecule has 4 unspecified atom stereocenters. The number of aliphatic hydroxyl groups excluding tert-OH is 2. The summed E-state index contributed by atoms with van der Waals surface area (Å²) in [5.74, 6) is 0. The Balaban J connectivity index is 0.00000128. The van der Waals surface area contributed by atoms with Gasteiger partial charge < -0.3 is 15.5 Å². The Labute approximate surface area is 122 Å². The Morgan fingerprint density at radius 2 is 1.38 bits per heavy atom. The van der Waals surface area contributed by atoms with Crippen molar-refractivity contribution >= 4 is 0 Å². The van der Waals surface area contributed by atoms with Crippen molar-refractivity contribution < 1.29 is 42.9 Å². The zero-order valence-electron chi connectivity index (χ0n) is 9.70. The SMILES string of the molecule is C=C1NC(=C)C2(C)[CH-]C(O)C(O)[CH-]C12C.[Y]. The molecule has 4 atom stereocenters. The fraction of sp³-hybridized carbons (Fsp3) is 0.500. The third-order valence-electron chi connectivity index (χ3n) is 3.99. The third kappa shape index (κ3) is 1.64. The number of hydrogen-bond acceptors (Lipinski definition) is 3. The van der Waals surface area contributed by atoms with Crippen LogP contribution in [0.4, 0.5) is 0 Å². The summed E-state index contributed by atoms with van der Waals surface area (Å²) in [5.41, 5.74) is 0.861. The summed E-state index contributed by atoms with van der Waals surface area (Å²) in [6, 6.07) is 0. The van der Waals surface area contributed by atoms with E-state index in [0.29, 0.717) is 0 Å². The zero-order valence-corrected chi connectivity index (χ0v) is 12.5. The Hall–Kier alpha value is 0.304. The molecule has 0 aromatic rings. The van der Waals surface area contributed by atoms with Crippen LogP contribution in [0.2, 0.25) is 0 Å². The van der Waals surface area contributed by atoms with Crippen molar-refractivity contribution in [2.24, 2.45) is 10.8 Å². The van der Waals surface area contributed by atoms with Crippen molar-refractivity contribution in [1.82, 2.24) is 5.32 Å². The van der Waals surface area contributed by atoms with Gasteiger partial charge in [-0.25, -0.2) is 0 Å². The van der Waals surface area contributed by atoms with Crippen molar-refractivity contribution in [3.63, 3.8) is 0 Å². The molecular formula is C12H17NO2Y-2. The number of hydrogen-bond donors (Lipinski definition) is 3. The minimum atomic E-state index is -0.840. The predicted octanol–water partition coefficient (Wildman–Crippen LogP) is 0.771. The van der Waals surface area contributed by atoms with E-state index >= 15 is 0 Å². The van der Waals surface area contributed by atoms with Gasteiger partial charge in [0.05, 0.1) is 0 Å². The van der Waals surface area contributed by atoms with E-state index < -0.39 is 12.2 Å². The van der Waals surface area contributed by atoms with Gasteiger partial charge in [-0.2, -0.15) is 0 Å². The maximum Gasteiger partial charge on any atom is 0 e. The number of allylic oxidation sites excluding steroid dienone is 2. The monoisotopic (exact) mass is 296 g/mol. The van der Waals surface area contributed by atoms with Crippen molar-refractivity contribution in [2.45, 2.75) is 26.1 Å². The first-order valence-corrected chi connectivity index (χ1v) is 5.05. The van der Waals surface area contributed by atoms with Crippen LogP contribution in [-0.4, -0.2) is 22.4 Å². The van der Waals surface area contributed by atoms with Crippen LogP contribution in [0.3, 0.4) is 0 Å². The second-order valence-corrected chi connectivity index (χ2v) is 4.80. The fourth-order valence-corrected chi connectivity index (χ4v) is 2.50. The summed E-state index contributed by atoms with van der Waals surface area (Å²) in [6.07, 6.45) is 1.80. The average molecular weight is 296 g/mol. The Morgan fingerprint density at radius 1 is 1.06 bits per heavy atom. The van der Waals surface area contributed by atoms with Gasteiger partial charge in [-0.3, -0.25) is 12.8 Å². The zero-order chi connectivity index (χ0) is 11.4. The molecule has 2 rings (SSSR count). The molecule has 0 amide bonds. The number of rotatable bonds is 0. The average Bonchev–Trinajstić information content (AvgIpc) is 2.28. The number of nitrogens with one attached hydrogen (secondary N) is 1. The first kappa shape index (κ1) is 14.4. The summed E-state index contributed by atoms with van der Waals surface area (Å²) < 4.78 is 0. The van der Waals surface area contributed by atoms with Crippen LogP contribution in [0.5, 0.6) is 0 Å². The maximum absolute atomic E-state index is 9.67. The van der Waals surface area contributed by atoms with E-state index in [1.54, 1.807) is 12.8 Å². The van der Waals surface area contributed by atoms with Crippen LogP contribution in [0.25, 0.3) is 0 Å². The van der Waals surface area contributed by atoms with Gasteiger partial charge >= 0.3 is 0 Å². The van der Waals surface area contributed by atoms with Gasteiger partial charge in [0.1, 0.15) is 0 Å². The van der Waals surface area contributed by atoms with Crippen LogP contribution in [0.1, 0.15) is 13.8 Å². The van der Waals surface area contributed by atoms with Crippen molar-refractivity contribution in [3.05, 3.63) is 37.4 Å². The summed E-state index contributed by atoms with van der Waals surface area (Å²) in [4.78, 5) is 0. The molecule has 3 N–H and O–H groups in total. The van der Waals surface area contributed by atoms with Gasteiger partial charge in [0.25, 0.3) is 0 Å². The molecule has 2 aliphatic rings. The van der Waals surface area contributed by atoms with Crippen LogP contribution in [0, 0.1) is 23.7 Å². The van der Waals surface area contributed by atoms with Gasteiger partial charge in [0.2, 0.25) is 0 Å². The van der Waals surface area contributed by atoms with Gasteiger partial charge in [-0.15, -0.1) is 10.8 Å². The summed E-state index contributed by atoms with van der Waals surface area (Å²) in [6.45, 7) is 11.9. The molecular weight excluding hydrogens is 279 g/mol. The van der Waals surface area contributed by atoms with E-state index in [2.05, 4.69) is 18.5 Å². The molecule has 87 valence electrons. The Morgan fingerprint density at radius 3 is 1.69 bits per heavy atom. The molecule has 1 aliphatic carbocycles. The molecule has 0 bridgehead atoms. The van der Waals surface area contributed by atoms with Gasteiger partial charge in [0.15, 0.2) is 0 Å². The van der Waals surface area contributed by atoms with E-state index in [1.807, 2.05) is 13.8 Å². The summed E-state index contributed by atoms with van der Waals surface area (Å²) >= 11 is 0. The quantitative estimate of drug-likeness (QED) is 0.579. The van der Waals surface area contributed by atoms with Crippen molar-refractivity contribution in [1.29, 1.82) is 0 Å². The number of aliphatic hydroxyl groups is 2. The van der Waals surface area contributed by atoms with Gasteiger partial charge in [-0.05, 0) is 11.4 Å². The molecule has 1 aliphatic heterocycles. The minimum Gasteiger partial charge on any atom is -0.425 e. The van der Waals surface area contributed by atoms with E-state index in [0.717, 1.165) is 11.4 Å². The first-order chi connectivity index (χ1) is 6.81. The van der Waals surface area contributed by atoms with E-state index in [1.165, 1.54) is 0 Å². The third-order valence-corrected chi connectivity index (χ3v) is 3.99. The molecule has 0 spiro atoms. The Kier molecular flexibility index (Phi) is 3.77. The largest absolute Gasteiger partial charge is 0.425 e. The van der Waals surface area contributed by atoms with Crippen LogP contribution in [0.15, 0.2) is 24.6 Å².